The number of hydrogen-bond acceptors (Lipinski definition) is 3. The van der Waals surface area contributed by atoms with E-state index in [2.05, 4.69) is 0 Å². The van der Waals surface area contributed by atoms with E-state index in [9.17, 15) is 4.79 Å². The number of aliphatic carboxylic acids is 1. The molecule has 0 fully saturated rings. The van der Waals surface area contributed by atoms with E-state index in [0.717, 1.165) is 5.56 Å². The zero-order chi connectivity index (χ0) is 12.3. The van der Waals surface area contributed by atoms with Crippen molar-refractivity contribution >= 4 is 5.97 Å². The average Bonchev–Trinajstić information content (AvgIpc) is 2.28. The molecular weight excluding hydrogens is 206 g/mol. The molecule has 0 aliphatic rings. The van der Waals surface area contributed by atoms with Crippen molar-refractivity contribution < 1.29 is 15.0 Å². The lowest BCUT2D eigenvalue weighted by atomic mass is 9.84. The molecule has 4 N–H and O–H groups in total. The summed E-state index contributed by atoms with van der Waals surface area (Å²) in [6, 6.07) is 6.56. The van der Waals surface area contributed by atoms with Crippen molar-refractivity contribution in [3.05, 3.63) is 35.4 Å². The lowest BCUT2D eigenvalue weighted by Gasteiger charge is -2.20. The van der Waals surface area contributed by atoms with Crippen LogP contribution in [0.2, 0.25) is 0 Å². The van der Waals surface area contributed by atoms with Crippen molar-refractivity contribution in [3.63, 3.8) is 0 Å². The first-order valence-corrected chi connectivity index (χ1v) is 5.10. The van der Waals surface area contributed by atoms with Gasteiger partial charge in [0.05, 0.1) is 18.1 Å². The minimum atomic E-state index is -0.915. The van der Waals surface area contributed by atoms with Gasteiger partial charge in [-0.05, 0) is 25.0 Å². The SMILES string of the molecule is CC(C)(C(=O)O)c1ccc(C(N)CO)cc1. The van der Waals surface area contributed by atoms with Gasteiger partial charge in [-0.2, -0.15) is 0 Å². The maximum Gasteiger partial charge on any atom is 0.313 e. The summed E-state index contributed by atoms with van der Waals surface area (Å²) in [7, 11) is 0. The molecule has 0 aromatic heterocycles. The normalized spacial score (nSPS) is 13.5. The van der Waals surface area contributed by atoms with Crippen LogP contribution in [0.5, 0.6) is 0 Å². The van der Waals surface area contributed by atoms with Gasteiger partial charge < -0.3 is 15.9 Å². The number of aliphatic hydroxyl groups is 1. The molecule has 1 rings (SSSR count). The highest BCUT2D eigenvalue weighted by Crippen LogP contribution is 2.24. The number of carboxylic acid groups (broad SMARTS) is 1. The molecule has 0 bridgehead atoms. The Bertz CT molecular complexity index is 370. The Morgan fingerprint density at radius 2 is 1.88 bits per heavy atom. The highest BCUT2D eigenvalue weighted by atomic mass is 16.4. The van der Waals surface area contributed by atoms with Crippen LogP contribution in [0, 0.1) is 0 Å². The van der Waals surface area contributed by atoms with Crippen LogP contribution in [0.4, 0.5) is 0 Å². The Balaban J connectivity index is 2.99. The second kappa shape index (κ2) is 4.63. The average molecular weight is 223 g/mol. The van der Waals surface area contributed by atoms with Crippen LogP contribution < -0.4 is 5.73 Å². The fourth-order valence-corrected chi connectivity index (χ4v) is 1.38. The van der Waals surface area contributed by atoms with Crippen molar-refractivity contribution in [1.82, 2.24) is 0 Å². The van der Waals surface area contributed by atoms with E-state index in [1.807, 2.05) is 0 Å². The summed E-state index contributed by atoms with van der Waals surface area (Å²) in [6.07, 6.45) is 0. The maximum absolute atomic E-state index is 11.0. The molecule has 0 saturated heterocycles. The van der Waals surface area contributed by atoms with Gasteiger partial charge in [-0.1, -0.05) is 24.3 Å². The monoisotopic (exact) mass is 223 g/mol. The lowest BCUT2D eigenvalue weighted by Crippen LogP contribution is -2.28. The number of rotatable bonds is 4. The molecule has 4 nitrogen and oxygen atoms in total. The van der Waals surface area contributed by atoms with Crippen LogP contribution in [0.1, 0.15) is 31.0 Å². The molecular formula is C12H17NO3. The molecule has 0 radical (unpaired) electrons. The topological polar surface area (TPSA) is 83.5 Å². The summed E-state index contributed by atoms with van der Waals surface area (Å²) >= 11 is 0. The number of hydrogen-bond donors (Lipinski definition) is 3. The molecule has 0 amide bonds. The first-order valence-electron chi connectivity index (χ1n) is 5.10. The summed E-state index contributed by atoms with van der Waals surface area (Å²) in [5.41, 5.74) is 6.25. The molecule has 1 unspecified atom stereocenters. The summed E-state index contributed by atoms with van der Waals surface area (Å²) < 4.78 is 0. The first kappa shape index (κ1) is 12.7. The van der Waals surface area contributed by atoms with Crippen molar-refractivity contribution in [2.24, 2.45) is 5.73 Å². The Morgan fingerprint density at radius 3 is 2.25 bits per heavy atom. The number of nitrogens with two attached hydrogens (primary N) is 1. The van der Waals surface area contributed by atoms with E-state index in [4.69, 9.17) is 15.9 Å². The Labute approximate surface area is 94.7 Å². The molecule has 4 heteroatoms. The Morgan fingerprint density at radius 1 is 1.38 bits per heavy atom. The maximum atomic E-state index is 11.0. The van der Waals surface area contributed by atoms with Gasteiger partial charge in [-0.15, -0.1) is 0 Å². The van der Waals surface area contributed by atoms with E-state index in [1.165, 1.54) is 0 Å². The Hall–Kier alpha value is -1.39. The first-order chi connectivity index (χ1) is 7.39. The van der Waals surface area contributed by atoms with Crippen LogP contribution in [-0.4, -0.2) is 22.8 Å². The molecule has 0 heterocycles. The standard InChI is InChI=1S/C12H17NO3/c1-12(2,11(15)16)9-5-3-8(4-6-9)10(13)7-14/h3-6,10,14H,7,13H2,1-2H3,(H,15,16). The molecule has 1 atom stereocenters. The molecule has 16 heavy (non-hydrogen) atoms. The van der Waals surface area contributed by atoms with Gasteiger partial charge in [-0.3, -0.25) is 4.79 Å². The second-order valence-corrected chi connectivity index (χ2v) is 4.34. The largest absolute Gasteiger partial charge is 0.481 e. The minimum absolute atomic E-state index is 0.123. The zero-order valence-electron chi connectivity index (χ0n) is 9.47. The van der Waals surface area contributed by atoms with Gasteiger partial charge in [0.2, 0.25) is 0 Å². The third-order valence-electron chi connectivity index (χ3n) is 2.79. The summed E-state index contributed by atoms with van der Waals surface area (Å²) in [6.45, 7) is 3.17. The van der Waals surface area contributed by atoms with Gasteiger partial charge in [0, 0.05) is 0 Å². The predicted octanol–water partition coefficient (Wildman–Crippen LogP) is 1.04. The summed E-state index contributed by atoms with van der Waals surface area (Å²) in [4.78, 5) is 11.0. The molecule has 0 saturated carbocycles. The van der Waals surface area contributed by atoms with Crippen LogP contribution in [0.25, 0.3) is 0 Å². The van der Waals surface area contributed by atoms with Gasteiger partial charge >= 0.3 is 5.97 Å². The number of aliphatic hydroxyl groups excluding tert-OH is 1. The molecule has 0 spiro atoms. The van der Waals surface area contributed by atoms with Crippen LogP contribution >= 0.6 is 0 Å². The minimum Gasteiger partial charge on any atom is -0.481 e. The van der Waals surface area contributed by atoms with Crippen LogP contribution in [0.15, 0.2) is 24.3 Å². The molecule has 0 aliphatic carbocycles. The number of benzene rings is 1. The smallest absolute Gasteiger partial charge is 0.313 e. The fourth-order valence-electron chi connectivity index (χ4n) is 1.38. The van der Waals surface area contributed by atoms with Crippen molar-refractivity contribution in [2.45, 2.75) is 25.3 Å². The highest BCUT2D eigenvalue weighted by Gasteiger charge is 2.29. The van der Waals surface area contributed by atoms with E-state index in [1.54, 1.807) is 38.1 Å². The molecule has 1 aromatic carbocycles. The quantitative estimate of drug-likeness (QED) is 0.712. The predicted molar refractivity (Wildman–Crippen MR) is 61.1 cm³/mol. The number of carboxylic acids is 1. The molecule has 1 aromatic rings. The van der Waals surface area contributed by atoms with E-state index in [0.29, 0.717) is 5.56 Å². The van der Waals surface area contributed by atoms with E-state index < -0.39 is 17.4 Å². The van der Waals surface area contributed by atoms with Crippen molar-refractivity contribution in [3.8, 4) is 0 Å². The number of carbonyl (C=O) groups is 1. The van der Waals surface area contributed by atoms with Gasteiger partial charge in [0.15, 0.2) is 0 Å². The van der Waals surface area contributed by atoms with Crippen LogP contribution in [0.3, 0.4) is 0 Å². The van der Waals surface area contributed by atoms with Crippen LogP contribution in [-0.2, 0) is 10.2 Å². The molecule has 88 valence electrons. The van der Waals surface area contributed by atoms with E-state index in [-0.39, 0.29) is 6.61 Å². The third-order valence-corrected chi connectivity index (χ3v) is 2.79. The lowest BCUT2D eigenvalue weighted by molar-refractivity contribution is -0.142. The second-order valence-electron chi connectivity index (χ2n) is 4.34. The summed E-state index contributed by atoms with van der Waals surface area (Å²) in [5.74, 6) is -0.869. The van der Waals surface area contributed by atoms with Crippen molar-refractivity contribution in [1.29, 1.82) is 0 Å². The Kier molecular flexibility index (Phi) is 3.67. The van der Waals surface area contributed by atoms with Crippen molar-refractivity contribution in [2.75, 3.05) is 6.61 Å². The third kappa shape index (κ3) is 2.40. The summed E-state index contributed by atoms with van der Waals surface area (Å²) in [5, 5.41) is 17.9. The van der Waals surface area contributed by atoms with E-state index >= 15 is 0 Å². The van der Waals surface area contributed by atoms with Gasteiger partial charge in [-0.25, -0.2) is 0 Å². The molecule has 0 aliphatic heterocycles. The van der Waals surface area contributed by atoms with Gasteiger partial charge in [0.1, 0.15) is 0 Å². The highest BCUT2D eigenvalue weighted by molar-refractivity contribution is 5.80. The fraction of sp³-hybridized carbons (Fsp3) is 0.417. The zero-order valence-corrected chi connectivity index (χ0v) is 9.47. The van der Waals surface area contributed by atoms with Gasteiger partial charge in [0.25, 0.3) is 0 Å².